The molecule has 0 bridgehead atoms. The molecular weight excluding hydrogens is 426 g/mol. The first-order chi connectivity index (χ1) is 5.95. The highest BCUT2D eigenvalue weighted by molar-refractivity contribution is 14.1. The van der Waals surface area contributed by atoms with Gasteiger partial charge in [0.1, 0.15) is 13.0 Å². The predicted octanol–water partition coefficient (Wildman–Crippen LogP) is 2.78. The van der Waals surface area contributed by atoms with Gasteiger partial charge in [-0.25, -0.2) is 14.2 Å². The molecule has 1 heterocycles. The molecule has 1 rings (SSSR count). The van der Waals surface area contributed by atoms with Gasteiger partial charge in [0.05, 0.1) is 5.02 Å². The Labute approximate surface area is 105 Å². The molecule has 0 amide bonds. The molecule has 1 N–H and O–H groups in total. The third-order valence-electron chi connectivity index (χ3n) is 1.21. The van der Waals surface area contributed by atoms with E-state index in [1.165, 1.54) is 0 Å². The number of aromatic carboxylic acids is 1. The number of nitrogens with zero attached hydrogens (tertiary/aromatic N) is 1. The molecule has 0 aromatic carbocycles. The van der Waals surface area contributed by atoms with E-state index in [-0.39, 0.29) is 12.4 Å². The number of carboxylic acids is 1. The Morgan fingerprint density at radius 3 is 2.46 bits per heavy atom. The van der Waals surface area contributed by atoms with Crippen LogP contribution in [0.1, 0.15) is 10.4 Å². The average Bonchev–Trinajstić information content (AvgIpc) is 2.01. The van der Waals surface area contributed by atoms with E-state index in [2.05, 4.69) is 4.98 Å². The second-order valence-corrected chi connectivity index (χ2v) is 4.42. The molecule has 0 unspecified atom stereocenters. The van der Waals surface area contributed by atoms with E-state index in [4.69, 9.17) is 16.7 Å². The van der Waals surface area contributed by atoms with Crippen molar-refractivity contribution in [3.8, 4) is 0 Å². The van der Waals surface area contributed by atoms with Gasteiger partial charge in [0, 0.05) is 0 Å². The first-order valence-corrected chi connectivity index (χ1v) is 5.42. The Hall–Kier alpha value is 0.300. The smallest absolute Gasteiger partial charge is 0.340 e. The van der Waals surface area contributed by atoms with Gasteiger partial charge in [-0.15, -0.1) is 0 Å². The second-order valence-electron chi connectivity index (χ2n) is 2.00. The van der Waals surface area contributed by atoms with Crippen molar-refractivity contribution in [3.05, 3.63) is 23.8 Å². The first kappa shape index (κ1) is 11.4. The number of carboxylic acid groups (broad SMARTS) is 1. The molecule has 13 heavy (non-hydrogen) atoms. The van der Waals surface area contributed by atoms with Crippen LogP contribution < -0.4 is 0 Å². The lowest BCUT2D eigenvalue weighted by Gasteiger charge is -2.03. The van der Waals surface area contributed by atoms with Gasteiger partial charge in [-0.2, -0.15) is 0 Å². The molecule has 1 aromatic rings. The SMILES string of the molecule is O=C(O)c1c(F)c(I)nc(I)c1Cl. The topological polar surface area (TPSA) is 50.2 Å². The number of aromatic nitrogens is 1. The van der Waals surface area contributed by atoms with Gasteiger partial charge >= 0.3 is 5.97 Å². The van der Waals surface area contributed by atoms with E-state index in [0.717, 1.165) is 0 Å². The zero-order chi connectivity index (χ0) is 10.2. The highest BCUT2D eigenvalue weighted by Gasteiger charge is 2.21. The number of halogens is 4. The molecule has 7 heteroatoms. The Morgan fingerprint density at radius 1 is 1.46 bits per heavy atom. The van der Waals surface area contributed by atoms with Crippen LogP contribution in [0.5, 0.6) is 0 Å². The quantitative estimate of drug-likeness (QED) is 0.554. The van der Waals surface area contributed by atoms with Crippen molar-refractivity contribution in [1.29, 1.82) is 0 Å². The molecule has 0 spiro atoms. The van der Waals surface area contributed by atoms with Crippen molar-refractivity contribution in [2.45, 2.75) is 0 Å². The van der Waals surface area contributed by atoms with E-state index in [1.807, 2.05) is 0 Å². The molecule has 0 atom stereocenters. The van der Waals surface area contributed by atoms with E-state index < -0.39 is 17.3 Å². The number of hydrogen-bond donors (Lipinski definition) is 1. The molecule has 0 fully saturated rings. The lowest BCUT2D eigenvalue weighted by molar-refractivity contribution is 0.0691. The zero-order valence-corrected chi connectivity index (χ0v) is 10.9. The highest BCUT2D eigenvalue weighted by Crippen LogP contribution is 2.26. The third-order valence-corrected chi connectivity index (χ3v) is 3.39. The van der Waals surface area contributed by atoms with Crippen molar-refractivity contribution in [1.82, 2.24) is 4.98 Å². The van der Waals surface area contributed by atoms with Crippen LogP contribution in [0.3, 0.4) is 0 Å². The summed E-state index contributed by atoms with van der Waals surface area (Å²) in [5.41, 5.74) is -0.523. The summed E-state index contributed by atoms with van der Waals surface area (Å²) in [7, 11) is 0. The Morgan fingerprint density at radius 2 is 2.00 bits per heavy atom. The highest BCUT2D eigenvalue weighted by atomic mass is 127. The summed E-state index contributed by atoms with van der Waals surface area (Å²) in [6.07, 6.45) is 0. The van der Waals surface area contributed by atoms with Gasteiger partial charge in [0.2, 0.25) is 0 Å². The molecule has 0 radical (unpaired) electrons. The molecule has 0 aliphatic rings. The Balaban J connectivity index is 3.56. The van der Waals surface area contributed by atoms with Crippen molar-refractivity contribution >= 4 is 62.8 Å². The minimum atomic E-state index is -1.39. The number of hydrogen-bond acceptors (Lipinski definition) is 2. The van der Waals surface area contributed by atoms with Crippen molar-refractivity contribution in [2.75, 3.05) is 0 Å². The van der Waals surface area contributed by atoms with Crippen LogP contribution in [-0.4, -0.2) is 16.1 Å². The van der Waals surface area contributed by atoms with E-state index in [1.54, 1.807) is 45.2 Å². The van der Waals surface area contributed by atoms with E-state index in [0.29, 0.717) is 0 Å². The summed E-state index contributed by atoms with van der Waals surface area (Å²) in [5, 5.41) is 8.48. The largest absolute Gasteiger partial charge is 0.478 e. The Kier molecular flexibility index (Phi) is 3.69. The predicted molar refractivity (Wildman–Crippen MR) is 61.6 cm³/mol. The van der Waals surface area contributed by atoms with Crippen LogP contribution in [0.25, 0.3) is 0 Å². The number of pyridine rings is 1. The summed E-state index contributed by atoms with van der Waals surface area (Å²) < 4.78 is 13.4. The molecule has 0 saturated heterocycles. The summed E-state index contributed by atoms with van der Waals surface area (Å²) in [4.78, 5) is 14.3. The van der Waals surface area contributed by atoms with Gasteiger partial charge < -0.3 is 5.11 Å². The maximum absolute atomic E-state index is 13.2. The fourth-order valence-corrected chi connectivity index (χ4v) is 2.36. The standard InChI is InChI=1S/C6HClFI2NO2/c7-2-1(6(12)13)3(8)5(10)11-4(2)9/h(H,12,13). The normalized spacial score (nSPS) is 10.2. The summed E-state index contributed by atoms with van der Waals surface area (Å²) in [5.74, 6) is -2.28. The molecule has 0 aliphatic heterocycles. The summed E-state index contributed by atoms with van der Waals surface area (Å²) >= 11 is 8.93. The monoisotopic (exact) mass is 427 g/mol. The summed E-state index contributed by atoms with van der Waals surface area (Å²) in [6.45, 7) is 0. The molecule has 3 nitrogen and oxygen atoms in total. The fourth-order valence-electron chi connectivity index (χ4n) is 0.675. The third kappa shape index (κ3) is 2.21. The maximum atomic E-state index is 13.2. The van der Waals surface area contributed by atoms with Gasteiger partial charge in [-0.1, -0.05) is 11.6 Å². The van der Waals surface area contributed by atoms with Crippen LogP contribution in [0.4, 0.5) is 4.39 Å². The Bertz CT molecular complexity index is 359. The van der Waals surface area contributed by atoms with Gasteiger partial charge in [-0.3, -0.25) is 0 Å². The zero-order valence-electron chi connectivity index (χ0n) is 5.81. The minimum absolute atomic E-state index is 0.00352. The van der Waals surface area contributed by atoms with Crippen LogP contribution in [0, 0.1) is 13.2 Å². The molecule has 0 saturated carbocycles. The van der Waals surface area contributed by atoms with Crippen molar-refractivity contribution in [2.24, 2.45) is 0 Å². The van der Waals surface area contributed by atoms with Gasteiger partial charge in [0.15, 0.2) is 5.82 Å². The molecular formula is C6HClFI2NO2. The maximum Gasteiger partial charge on any atom is 0.340 e. The van der Waals surface area contributed by atoms with Crippen LogP contribution in [0.15, 0.2) is 0 Å². The van der Waals surface area contributed by atoms with Crippen LogP contribution >= 0.6 is 56.8 Å². The lowest BCUT2D eigenvalue weighted by atomic mass is 10.2. The van der Waals surface area contributed by atoms with Crippen molar-refractivity contribution < 1.29 is 14.3 Å². The minimum Gasteiger partial charge on any atom is -0.478 e. The molecule has 70 valence electrons. The molecule has 0 aliphatic carbocycles. The van der Waals surface area contributed by atoms with E-state index in [9.17, 15) is 9.18 Å². The van der Waals surface area contributed by atoms with Crippen LogP contribution in [-0.2, 0) is 0 Å². The number of carbonyl (C=O) groups is 1. The second kappa shape index (κ2) is 4.22. The van der Waals surface area contributed by atoms with Gasteiger partial charge in [-0.05, 0) is 45.2 Å². The summed E-state index contributed by atoms with van der Waals surface area (Å²) in [6, 6.07) is 0. The molecule has 1 aromatic heterocycles. The fraction of sp³-hybridized carbons (Fsp3) is 0. The lowest BCUT2D eigenvalue weighted by Crippen LogP contribution is -2.07. The first-order valence-electron chi connectivity index (χ1n) is 2.88. The number of rotatable bonds is 1. The average molecular weight is 427 g/mol. The van der Waals surface area contributed by atoms with Crippen LogP contribution in [0.2, 0.25) is 5.02 Å². The van der Waals surface area contributed by atoms with Crippen molar-refractivity contribution in [3.63, 3.8) is 0 Å². The van der Waals surface area contributed by atoms with E-state index >= 15 is 0 Å². The van der Waals surface area contributed by atoms with Gasteiger partial charge in [0.25, 0.3) is 0 Å².